The summed E-state index contributed by atoms with van der Waals surface area (Å²) in [6, 6.07) is 5.33. The molecule has 1 aliphatic rings. The Hall–Kier alpha value is -2.43. The number of nitrogens with two attached hydrogens (primary N) is 1. The summed E-state index contributed by atoms with van der Waals surface area (Å²) in [7, 11) is 4.83. The molecule has 0 unspecified atom stereocenters. The van der Waals surface area contributed by atoms with Gasteiger partial charge in [-0.05, 0) is 23.3 Å². The number of halogens is 1. The molecule has 0 aliphatic carbocycles. The van der Waals surface area contributed by atoms with Crippen LogP contribution in [0.2, 0.25) is 0 Å². The van der Waals surface area contributed by atoms with E-state index in [0.29, 0.717) is 49.1 Å². The van der Waals surface area contributed by atoms with E-state index in [9.17, 15) is 4.79 Å². The van der Waals surface area contributed by atoms with Crippen LogP contribution in [0, 0.1) is 0 Å². The molecule has 1 aromatic carbocycles. The second-order valence-electron chi connectivity index (χ2n) is 6.51. The third-order valence-electron chi connectivity index (χ3n) is 4.65. The summed E-state index contributed by atoms with van der Waals surface area (Å²) >= 11 is 0. The molecule has 0 atom stereocenters. The van der Waals surface area contributed by atoms with Crippen molar-refractivity contribution in [1.82, 2.24) is 25.1 Å². The highest BCUT2D eigenvalue weighted by atomic mass is 35.5. The first-order valence-electron chi connectivity index (χ1n) is 8.60. The van der Waals surface area contributed by atoms with E-state index in [2.05, 4.69) is 15.5 Å². The molecular formula is C17H25ClN6O4. The summed E-state index contributed by atoms with van der Waals surface area (Å²) < 4.78 is 17.4. The molecule has 2 heterocycles. The molecule has 28 heavy (non-hydrogen) atoms. The van der Waals surface area contributed by atoms with Gasteiger partial charge in [-0.3, -0.25) is 4.79 Å². The van der Waals surface area contributed by atoms with Crippen LogP contribution >= 0.6 is 12.4 Å². The molecule has 1 fully saturated rings. The molecule has 154 valence electrons. The van der Waals surface area contributed by atoms with Gasteiger partial charge in [0.05, 0.1) is 32.0 Å². The van der Waals surface area contributed by atoms with E-state index in [4.69, 9.17) is 19.9 Å². The molecule has 2 N–H and O–H groups in total. The Morgan fingerprint density at radius 2 is 1.86 bits per heavy atom. The first-order chi connectivity index (χ1) is 13.0. The third-order valence-corrected chi connectivity index (χ3v) is 4.65. The van der Waals surface area contributed by atoms with Crippen LogP contribution in [-0.2, 0) is 16.1 Å². The Morgan fingerprint density at radius 3 is 2.43 bits per heavy atom. The number of rotatable bonds is 6. The predicted octanol–water partition coefficient (Wildman–Crippen LogP) is 0.568. The van der Waals surface area contributed by atoms with Gasteiger partial charge < -0.3 is 24.8 Å². The summed E-state index contributed by atoms with van der Waals surface area (Å²) in [5, 5.41) is 11.8. The number of methoxy groups -OCH3 is 2. The Bertz CT molecular complexity index is 786. The van der Waals surface area contributed by atoms with E-state index in [1.165, 1.54) is 0 Å². The van der Waals surface area contributed by atoms with Gasteiger partial charge in [0.2, 0.25) is 5.91 Å². The molecule has 0 spiro atoms. The maximum Gasteiger partial charge on any atom is 0.242 e. The Kier molecular flexibility index (Phi) is 7.17. The van der Waals surface area contributed by atoms with Gasteiger partial charge in [0.1, 0.15) is 11.5 Å². The van der Waals surface area contributed by atoms with Gasteiger partial charge in [0.25, 0.3) is 0 Å². The predicted molar refractivity (Wildman–Crippen MR) is 103 cm³/mol. The van der Waals surface area contributed by atoms with Crippen molar-refractivity contribution >= 4 is 18.3 Å². The monoisotopic (exact) mass is 412 g/mol. The molecule has 10 nitrogen and oxygen atoms in total. The van der Waals surface area contributed by atoms with Gasteiger partial charge in [0, 0.05) is 38.5 Å². The van der Waals surface area contributed by atoms with Crippen LogP contribution in [0.25, 0.3) is 5.69 Å². The lowest BCUT2D eigenvalue weighted by Gasteiger charge is -2.35. The minimum Gasteiger partial charge on any atom is -0.497 e. The zero-order valence-electron chi connectivity index (χ0n) is 16.1. The minimum absolute atomic E-state index is 0. The Balaban J connectivity index is 0.00000280. The maximum absolute atomic E-state index is 12.8. The van der Waals surface area contributed by atoms with Crippen molar-refractivity contribution < 1.29 is 19.0 Å². The summed E-state index contributed by atoms with van der Waals surface area (Å²) in [4.78, 5) is 14.4. The van der Waals surface area contributed by atoms with E-state index in [0.717, 1.165) is 0 Å². The molecule has 1 aliphatic heterocycles. The average molecular weight is 413 g/mol. The molecule has 3 rings (SSSR count). The molecule has 1 saturated heterocycles. The van der Waals surface area contributed by atoms with Crippen molar-refractivity contribution in [3.05, 3.63) is 24.0 Å². The highest BCUT2D eigenvalue weighted by Gasteiger charge is 2.38. The quantitative estimate of drug-likeness (QED) is 0.731. The zero-order chi connectivity index (χ0) is 19.4. The fraction of sp³-hybridized carbons (Fsp3) is 0.529. The van der Waals surface area contributed by atoms with Crippen molar-refractivity contribution in [2.75, 3.05) is 34.5 Å². The van der Waals surface area contributed by atoms with Crippen molar-refractivity contribution in [3.63, 3.8) is 0 Å². The van der Waals surface area contributed by atoms with Crippen LogP contribution in [0.5, 0.6) is 11.5 Å². The lowest BCUT2D eigenvalue weighted by Crippen LogP contribution is -2.57. The molecule has 11 heteroatoms. The Labute approximate surface area is 169 Å². The maximum atomic E-state index is 12.8. The normalized spacial score (nSPS) is 15.4. The first kappa shape index (κ1) is 21.9. The second kappa shape index (κ2) is 9.18. The van der Waals surface area contributed by atoms with Crippen LogP contribution in [0.15, 0.2) is 18.2 Å². The molecule has 0 saturated carbocycles. The Morgan fingerprint density at radius 1 is 1.25 bits per heavy atom. The second-order valence-corrected chi connectivity index (χ2v) is 6.51. The summed E-state index contributed by atoms with van der Waals surface area (Å²) in [5.74, 6) is 1.57. The topological polar surface area (TPSA) is 118 Å². The highest BCUT2D eigenvalue weighted by Crippen LogP contribution is 2.25. The van der Waals surface area contributed by atoms with E-state index in [1.54, 1.807) is 49.0 Å². The van der Waals surface area contributed by atoms with Gasteiger partial charge in [-0.25, -0.2) is 0 Å². The lowest BCUT2D eigenvalue weighted by molar-refractivity contribution is -0.139. The number of benzene rings is 1. The number of likely N-dealkylation sites (N-methyl/N-ethyl adjacent to an activating group) is 1. The van der Waals surface area contributed by atoms with Crippen molar-refractivity contribution in [1.29, 1.82) is 0 Å². The van der Waals surface area contributed by atoms with Gasteiger partial charge in [-0.2, -0.15) is 4.68 Å². The first-order valence-corrected chi connectivity index (χ1v) is 8.60. The smallest absolute Gasteiger partial charge is 0.242 e. The van der Waals surface area contributed by atoms with Crippen LogP contribution in [0.1, 0.15) is 18.7 Å². The van der Waals surface area contributed by atoms with E-state index < -0.39 is 5.54 Å². The molecule has 0 radical (unpaired) electrons. The number of carbonyl (C=O) groups is 1. The average Bonchev–Trinajstić information content (AvgIpc) is 3.15. The number of hydrogen-bond donors (Lipinski definition) is 1. The van der Waals surface area contributed by atoms with Crippen LogP contribution < -0.4 is 15.2 Å². The fourth-order valence-corrected chi connectivity index (χ4v) is 3.03. The van der Waals surface area contributed by atoms with Gasteiger partial charge in [0.15, 0.2) is 5.82 Å². The summed E-state index contributed by atoms with van der Waals surface area (Å²) in [6.07, 6.45) is 0.988. The SMILES string of the molecule is COc1cc(OC)cc(-n2nnnc2CN(C)C(=O)C2(N)CCOCC2)c1.Cl. The van der Waals surface area contributed by atoms with E-state index in [-0.39, 0.29) is 24.9 Å². The number of amides is 1. The number of tetrazole rings is 1. The van der Waals surface area contributed by atoms with Crippen LogP contribution in [-0.4, -0.2) is 71.0 Å². The van der Waals surface area contributed by atoms with Gasteiger partial charge >= 0.3 is 0 Å². The largest absolute Gasteiger partial charge is 0.497 e. The molecule has 2 aromatic rings. The number of nitrogens with zero attached hydrogens (tertiary/aromatic N) is 5. The summed E-state index contributed by atoms with van der Waals surface area (Å²) in [5.41, 5.74) is 6.05. The van der Waals surface area contributed by atoms with Gasteiger partial charge in [-0.15, -0.1) is 17.5 Å². The van der Waals surface area contributed by atoms with Crippen LogP contribution in [0.4, 0.5) is 0 Å². The molecule has 1 aromatic heterocycles. The molecule has 1 amide bonds. The number of aromatic nitrogens is 4. The number of hydrogen-bond acceptors (Lipinski definition) is 8. The standard InChI is InChI=1S/C17H24N6O4.ClH/c1-22(16(24)17(18)4-6-27-7-5-17)11-15-19-20-21-23(15)12-8-13(25-2)10-14(9-12)26-3;/h8-10H,4-7,11,18H2,1-3H3;1H. The van der Waals surface area contributed by atoms with Crippen molar-refractivity contribution in [2.24, 2.45) is 5.73 Å². The number of carbonyl (C=O) groups excluding carboxylic acids is 1. The van der Waals surface area contributed by atoms with Crippen LogP contribution in [0.3, 0.4) is 0 Å². The van der Waals surface area contributed by atoms with Crippen molar-refractivity contribution in [2.45, 2.75) is 24.9 Å². The lowest BCUT2D eigenvalue weighted by atomic mass is 9.90. The van der Waals surface area contributed by atoms with E-state index in [1.807, 2.05) is 0 Å². The number of ether oxygens (including phenoxy) is 3. The summed E-state index contributed by atoms with van der Waals surface area (Å²) in [6.45, 7) is 1.18. The minimum atomic E-state index is -0.912. The zero-order valence-corrected chi connectivity index (χ0v) is 16.9. The fourth-order valence-electron chi connectivity index (χ4n) is 3.03. The third kappa shape index (κ3) is 4.51. The van der Waals surface area contributed by atoms with E-state index >= 15 is 0 Å². The van der Waals surface area contributed by atoms with Gasteiger partial charge in [-0.1, -0.05) is 0 Å². The highest BCUT2D eigenvalue weighted by molar-refractivity contribution is 5.86. The van der Waals surface area contributed by atoms with Crippen molar-refractivity contribution in [3.8, 4) is 17.2 Å². The molecule has 0 bridgehead atoms. The molecular weight excluding hydrogens is 388 g/mol.